The molecule has 0 spiro atoms. The maximum Gasteiger partial charge on any atom is 0.262 e. The van der Waals surface area contributed by atoms with E-state index in [1.54, 1.807) is 4.40 Å². The Labute approximate surface area is 133 Å². The minimum absolute atomic E-state index is 0.0286. The fourth-order valence-corrected chi connectivity index (χ4v) is 3.06. The zero-order valence-electron chi connectivity index (χ0n) is 12.9. The number of para-hydroxylation sites is 2. The topological polar surface area (TPSA) is 50.2 Å². The molecule has 4 aromatic rings. The molecule has 0 aliphatic carbocycles. The highest BCUT2D eigenvalue weighted by Gasteiger charge is 2.13. The predicted molar refractivity (Wildman–Crippen MR) is 91.9 cm³/mol. The zero-order valence-corrected chi connectivity index (χ0v) is 12.9. The van der Waals surface area contributed by atoms with Gasteiger partial charge in [0.25, 0.3) is 5.56 Å². The Morgan fingerprint density at radius 3 is 2.57 bits per heavy atom. The van der Waals surface area contributed by atoms with Crippen LogP contribution >= 0.6 is 0 Å². The highest BCUT2D eigenvalue weighted by atomic mass is 16.1. The molecule has 0 aliphatic rings. The van der Waals surface area contributed by atoms with Crippen molar-refractivity contribution in [2.45, 2.75) is 19.8 Å². The Morgan fingerprint density at radius 2 is 1.74 bits per heavy atom. The van der Waals surface area contributed by atoms with Gasteiger partial charge in [0.2, 0.25) is 5.78 Å². The molecule has 2 heterocycles. The van der Waals surface area contributed by atoms with E-state index in [0.29, 0.717) is 12.2 Å². The van der Waals surface area contributed by atoms with Gasteiger partial charge in [-0.15, -0.1) is 0 Å². The van der Waals surface area contributed by atoms with Gasteiger partial charge in [-0.2, -0.15) is 0 Å². The summed E-state index contributed by atoms with van der Waals surface area (Å²) in [4.78, 5) is 20.7. The number of aryl methyl sites for hydroxylation is 2. The van der Waals surface area contributed by atoms with Crippen LogP contribution in [0.5, 0.6) is 0 Å². The molecule has 0 bridgehead atoms. The fraction of sp³-hybridized carbons (Fsp3) is 0.158. The highest BCUT2D eigenvalue weighted by molar-refractivity contribution is 5.79. The van der Waals surface area contributed by atoms with Gasteiger partial charge in [0.15, 0.2) is 0 Å². The Bertz CT molecular complexity index is 1040. The molecule has 23 heavy (non-hydrogen) atoms. The Kier molecular flexibility index (Phi) is 3.23. The van der Waals surface area contributed by atoms with Crippen LogP contribution in [0.15, 0.2) is 59.4 Å². The van der Waals surface area contributed by atoms with E-state index in [4.69, 9.17) is 0 Å². The summed E-state index contributed by atoms with van der Waals surface area (Å²) in [5, 5.41) is 0. The van der Waals surface area contributed by atoms with Gasteiger partial charge in [-0.25, -0.2) is 9.38 Å². The van der Waals surface area contributed by atoms with Crippen LogP contribution in [0.1, 0.15) is 16.8 Å². The highest BCUT2D eigenvalue weighted by Crippen LogP contribution is 2.15. The SMILES string of the molecule is Cc1[nH]c2nc3ccccc3n2c(=O)c1CCc1ccccc1. The van der Waals surface area contributed by atoms with Crippen LogP contribution in [0, 0.1) is 6.92 Å². The molecule has 0 saturated carbocycles. The normalized spacial score (nSPS) is 11.3. The Hall–Kier alpha value is -2.88. The van der Waals surface area contributed by atoms with Crippen molar-refractivity contribution in [3.8, 4) is 0 Å². The van der Waals surface area contributed by atoms with Gasteiger partial charge in [-0.3, -0.25) is 4.79 Å². The molecule has 2 aromatic carbocycles. The van der Waals surface area contributed by atoms with Gasteiger partial charge in [0.1, 0.15) is 0 Å². The van der Waals surface area contributed by atoms with Gasteiger partial charge in [0.05, 0.1) is 11.0 Å². The summed E-state index contributed by atoms with van der Waals surface area (Å²) in [7, 11) is 0. The van der Waals surface area contributed by atoms with Crippen molar-refractivity contribution in [1.29, 1.82) is 0 Å². The van der Waals surface area contributed by atoms with Crippen molar-refractivity contribution >= 4 is 16.8 Å². The molecule has 4 heteroatoms. The zero-order chi connectivity index (χ0) is 15.8. The van der Waals surface area contributed by atoms with Crippen LogP contribution < -0.4 is 5.56 Å². The molecule has 2 aromatic heterocycles. The first-order valence-corrected chi connectivity index (χ1v) is 7.77. The minimum Gasteiger partial charge on any atom is -0.329 e. The summed E-state index contributed by atoms with van der Waals surface area (Å²) in [5.41, 5.74) is 4.67. The van der Waals surface area contributed by atoms with Crippen LogP contribution in [0.25, 0.3) is 16.8 Å². The number of benzene rings is 2. The van der Waals surface area contributed by atoms with Crippen LogP contribution in [-0.2, 0) is 12.8 Å². The van der Waals surface area contributed by atoms with Crippen LogP contribution in [-0.4, -0.2) is 14.4 Å². The first-order valence-electron chi connectivity index (χ1n) is 7.77. The smallest absolute Gasteiger partial charge is 0.262 e. The van der Waals surface area contributed by atoms with Gasteiger partial charge in [-0.05, 0) is 37.5 Å². The van der Waals surface area contributed by atoms with E-state index in [9.17, 15) is 4.79 Å². The summed E-state index contributed by atoms with van der Waals surface area (Å²) in [6.45, 7) is 1.95. The second-order valence-corrected chi connectivity index (χ2v) is 5.78. The molecular weight excluding hydrogens is 286 g/mol. The molecule has 0 saturated heterocycles. The molecule has 0 fully saturated rings. The third-order valence-corrected chi connectivity index (χ3v) is 4.28. The molecule has 4 nitrogen and oxygen atoms in total. The third-order valence-electron chi connectivity index (χ3n) is 4.28. The van der Waals surface area contributed by atoms with Crippen LogP contribution in [0.3, 0.4) is 0 Å². The predicted octanol–water partition coefficient (Wildman–Crippen LogP) is 3.27. The van der Waals surface area contributed by atoms with E-state index in [-0.39, 0.29) is 5.56 Å². The number of nitrogens with one attached hydrogen (secondary N) is 1. The molecular formula is C19H17N3O. The second kappa shape index (κ2) is 5.39. The average Bonchev–Trinajstić information content (AvgIpc) is 2.93. The molecule has 0 amide bonds. The number of fused-ring (bicyclic) bond motifs is 3. The van der Waals surface area contributed by atoms with Crippen molar-refractivity contribution in [1.82, 2.24) is 14.4 Å². The number of imidazole rings is 1. The first-order chi connectivity index (χ1) is 11.2. The number of nitrogens with zero attached hydrogens (tertiary/aromatic N) is 2. The molecule has 1 N–H and O–H groups in total. The lowest BCUT2D eigenvalue weighted by Crippen LogP contribution is -2.21. The minimum atomic E-state index is 0.0286. The molecule has 0 aliphatic heterocycles. The van der Waals surface area contributed by atoms with Crippen LogP contribution in [0.4, 0.5) is 0 Å². The summed E-state index contributed by atoms with van der Waals surface area (Å²) in [6.07, 6.45) is 1.57. The fourth-order valence-electron chi connectivity index (χ4n) is 3.06. The van der Waals surface area contributed by atoms with E-state index >= 15 is 0 Å². The van der Waals surface area contributed by atoms with E-state index in [1.165, 1.54) is 5.56 Å². The summed E-state index contributed by atoms with van der Waals surface area (Å²) >= 11 is 0. The quantitative estimate of drug-likeness (QED) is 0.631. The standard InChI is InChI=1S/C19H17N3O/c1-13-15(12-11-14-7-3-2-4-8-14)18(23)22-17-10-6-5-9-16(17)21-19(22)20-13/h2-10H,11-12H2,1H3,(H,20,21). The van der Waals surface area contributed by atoms with Crippen molar-refractivity contribution in [3.63, 3.8) is 0 Å². The maximum atomic E-state index is 12.9. The lowest BCUT2D eigenvalue weighted by Gasteiger charge is -2.07. The van der Waals surface area contributed by atoms with Crippen molar-refractivity contribution in [3.05, 3.63) is 81.8 Å². The Balaban J connectivity index is 1.83. The molecule has 4 rings (SSSR count). The summed E-state index contributed by atoms with van der Waals surface area (Å²) in [6, 6.07) is 18.0. The van der Waals surface area contributed by atoms with E-state index in [0.717, 1.165) is 28.7 Å². The van der Waals surface area contributed by atoms with E-state index in [1.807, 2.05) is 49.4 Å². The average molecular weight is 303 g/mol. The van der Waals surface area contributed by atoms with Gasteiger partial charge < -0.3 is 4.98 Å². The van der Waals surface area contributed by atoms with Gasteiger partial charge >= 0.3 is 0 Å². The third kappa shape index (κ3) is 2.32. The number of aromatic amines is 1. The number of hydrogen-bond donors (Lipinski definition) is 1. The molecule has 0 unspecified atom stereocenters. The summed E-state index contributed by atoms with van der Waals surface area (Å²) < 4.78 is 1.68. The van der Waals surface area contributed by atoms with Gasteiger partial charge in [0, 0.05) is 11.3 Å². The first kappa shape index (κ1) is 13.8. The molecule has 0 radical (unpaired) electrons. The number of rotatable bonds is 3. The largest absolute Gasteiger partial charge is 0.329 e. The summed E-state index contributed by atoms with van der Waals surface area (Å²) in [5.74, 6) is 0.608. The van der Waals surface area contributed by atoms with E-state index in [2.05, 4.69) is 22.1 Å². The van der Waals surface area contributed by atoms with Crippen molar-refractivity contribution < 1.29 is 0 Å². The Morgan fingerprint density at radius 1 is 1.00 bits per heavy atom. The molecule has 114 valence electrons. The monoisotopic (exact) mass is 303 g/mol. The second-order valence-electron chi connectivity index (χ2n) is 5.78. The molecule has 0 atom stereocenters. The van der Waals surface area contributed by atoms with Gasteiger partial charge in [-0.1, -0.05) is 42.5 Å². The number of aromatic nitrogens is 3. The van der Waals surface area contributed by atoms with Crippen molar-refractivity contribution in [2.75, 3.05) is 0 Å². The number of hydrogen-bond acceptors (Lipinski definition) is 2. The lowest BCUT2D eigenvalue weighted by atomic mass is 10.0. The van der Waals surface area contributed by atoms with Crippen molar-refractivity contribution in [2.24, 2.45) is 0 Å². The maximum absolute atomic E-state index is 12.9. The van der Waals surface area contributed by atoms with Crippen LogP contribution in [0.2, 0.25) is 0 Å². The number of H-pyrrole nitrogens is 1. The van der Waals surface area contributed by atoms with E-state index < -0.39 is 0 Å². The lowest BCUT2D eigenvalue weighted by molar-refractivity contribution is 0.885.